The van der Waals surface area contributed by atoms with Crippen LogP contribution in [0.3, 0.4) is 0 Å². The molecule has 0 amide bonds. The Balaban J connectivity index is 2.17. The molecule has 1 atom stereocenters. The average molecular weight is 253 g/mol. The highest BCUT2D eigenvalue weighted by molar-refractivity contribution is 7.15. The Morgan fingerprint density at radius 2 is 2.25 bits per heavy atom. The van der Waals surface area contributed by atoms with Crippen LogP contribution in [0.1, 0.15) is 26.0 Å². The topological polar surface area (TPSA) is 37.8 Å². The molecule has 0 aliphatic rings. The summed E-state index contributed by atoms with van der Waals surface area (Å²) in [5.74, 6) is 0. The molecule has 0 radical (unpaired) electrons. The van der Waals surface area contributed by atoms with Gasteiger partial charge in [0.2, 0.25) is 0 Å². The van der Waals surface area contributed by atoms with Gasteiger partial charge in [0.15, 0.2) is 5.13 Å². The van der Waals surface area contributed by atoms with Gasteiger partial charge in [0.05, 0.1) is 21.8 Å². The molecule has 1 unspecified atom stereocenters. The second-order valence-electron chi connectivity index (χ2n) is 3.76. The summed E-state index contributed by atoms with van der Waals surface area (Å²) in [4.78, 5) is 10.00. The SMILES string of the molecule is CCC(C)Nc1nc(-c2scnc2C)cs1. The standard InChI is InChI=1S/C11H15N3S2/c1-4-7(2)13-11-14-9(5-15-11)10-8(3)12-6-16-10/h5-7H,4H2,1-3H3,(H,13,14). The molecule has 0 aromatic carbocycles. The van der Waals surface area contributed by atoms with E-state index in [0.29, 0.717) is 6.04 Å². The molecule has 2 aromatic rings. The number of nitrogens with zero attached hydrogens (tertiary/aromatic N) is 2. The first-order valence-corrected chi connectivity index (χ1v) is 7.09. The Labute approximate surface area is 104 Å². The van der Waals surface area contributed by atoms with Crippen LogP contribution in [-0.2, 0) is 0 Å². The Kier molecular flexibility index (Phi) is 3.56. The molecule has 5 heteroatoms. The number of aryl methyl sites for hydroxylation is 1. The summed E-state index contributed by atoms with van der Waals surface area (Å²) < 4.78 is 0. The maximum Gasteiger partial charge on any atom is 0.183 e. The van der Waals surface area contributed by atoms with Crippen LogP contribution >= 0.6 is 22.7 Å². The molecule has 0 spiro atoms. The van der Waals surface area contributed by atoms with E-state index in [2.05, 4.69) is 34.5 Å². The fourth-order valence-corrected chi connectivity index (χ4v) is 2.96. The highest BCUT2D eigenvalue weighted by Gasteiger charge is 2.10. The normalized spacial score (nSPS) is 12.7. The van der Waals surface area contributed by atoms with Gasteiger partial charge < -0.3 is 5.32 Å². The minimum Gasteiger partial charge on any atom is -0.359 e. The van der Waals surface area contributed by atoms with E-state index in [-0.39, 0.29) is 0 Å². The van der Waals surface area contributed by atoms with Gasteiger partial charge in [-0.1, -0.05) is 6.92 Å². The Bertz CT molecular complexity index is 461. The molecule has 86 valence electrons. The number of hydrogen-bond acceptors (Lipinski definition) is 5. The summed E-state index contributed by atoms with van der Waals surface area (Å²) >= 11 is 3.30. The summed E-state index contributed by atoms with van der Waals surface area (Å²) in [6, 6.07) is 0.474. The van der Waals surface area contributed by atoms with Gasteiger partial charge in [0.1, 0.15) is 0 Å². The zero-order valence-electron chi connectivity index (χ0n) is 9.65. The first kappa shape index (κ1) is 11.5. The number of thiazole rings is 2. The lowest BCUT2D eigenvalue weighted by Crippen LogP contribution is -2.12. The fourth-order valence-electron chi connectivity index (χ4n) is 1.30. The minimum absolute atomic E-state index is 0.474. The molecule has 2 rings (SSSR count). The summed E-state index contributed by atoms with van der Waals surface area (Å²) in [5, 5.41) is 6.47. The Hall–Kier alpha value is -0.940. The van der Waals surface area contributed by atoms with Crippen molar-refractivity contribution in [2.24, 2.45) is 0 Å². The first-order valence-electron chi connectivity index (χ1n) is 5.33. The molecule has 0 saturated heterocycles. The smallest absolute Gasteiger partial charge is 0.183 e. The van der Waals surface area contributed by atoms with Crippen LogP contribution in [0.5, 0.6) is 0 Å². The monoisotopic (exact) mass is 253 g/mol. The number of aromatic nitrogens is 2. The maximum absolute atomic E-state index is 4.58. The second-order valence-corrected chi connectivity index (χ2v) is 5.47. The molecule has 0 aliphatic carbocycles. The van der Waals surface area contributed by atoms with Gasteiger partial charge >= 0.3 is 0 Å². The van der Waals surface area contributed by atoms with Gasteiger partial charge in [0, 0.05) is 11.4 Å². The van der Waals surface area contributed by atoms with E-state index < -0.39 is 0 Å². The predicted molar refractivity (Wildman–Crippen MR) is 71.3 cm³/mol. The van der Waals surface area contributed by atoms with Crippen LogP contribution in [0, 0.1) is 6.92 Å². The Morgan fingerprint density at radius 1 is 1.44 bits per heavy atom. The third-order valence-corrected chi connectivity index (χ3v) is 4.19. The number of hydrogen-bond donors (Lipinski definition) is 1. The lowest BCUT2D eigenvalue weighted by molar-refractivity contribution is 0.763. The fraction of sp³-hybridized carbons (Fsp3) is 0.455. The molecule has 0 fully saturated rings. The molecule has 2 aromatic heterocycles. The molecule has 0 saturated carbocycles. The third kappa shape index (κ3) is 2.41. The zero-order valence-corrected chi connectivity index (χ0v) is 11.3. The van der Waals surface area contributed by atoms with Crippen molar-refractivity contribution in [3.05, 3.63) is 16.6 Å². The zero-order chi connectivity index (χ0) is 11.5. The van der Waals surface area contributed by atoms with Crippen LogP contribution < -0.4 is 5.32 Å². The summed E-state index contributed by atoms with van der Waals surface area (Å²) in [6.07, 6.45) is 1.11. The molecule has 0 bridgehead atoms. The largest absolute Gasteiger partial charge is 0.359 e. The Morgan fingerprint density at radius 3 is 2.88 bits per heavy atom. The molecular formula is C11H15N3S2. The van der Waals surface area contributed by atoms with Crippen molar-refractivity contribution in [3.63, 3.8) is 0 Å². The molecular weight excluding hydrogens is 238 g/mol. The van der Waals surface area contributed by atoms with E-state index in [0.717, 1.165) is 22.9 Å². The molecule has 3 nitrogen and oxygen atoms in total. The number of anilines is 1. The molecule has 1 N–H and O–H groups in total. The van der Waals surface area contributed by atoms with Gasteiger partial charge in [0.25, 0.3) is 0 Å². The third-order valence-electron chi connectivity index (χ3n) is 2.46. The molecule has 0 aliphatic heterocycles. The summed E-state index contributed by atoms with van der Waals surface area (Å²) in [7, 11) is 0. The predicted octanol–water partition coefficient (Wildman–Crippen LogP) is 3.79. The van der Waals surface area contributed by atoms with Crippen molar-refractivity contribution in [1.29, 1.82) is 0 Å². The van der Waals surface area contributed by atoms with Crippen LogP contribution in [-0.4, -0.2) is 16.0 Å². The van der Waals surface area contributed by atoms with E-state index in [9.17, 15) is 0 Å². The molecule has 16 heavy (non-hydrogen) atoms. The van der Waals surface area contributed by atoms with E-state index in [1.165, 1.54) is 4.88 Å². The summed E-state index contributed by atoms with van der Waals surface area (Å²) in [6.45, 7) is 6.35. The van der Waals surface area contributed by atoms with E-state index in [4.69, 9.17) is 0 Å². The van der Waals surface area contributed by atoms with E-state index in [1.54, 1.807) is 22.7 Å². The van der Waals surface area contributed by atoms with Crippen molar-refractivity contribution in [2.45, 2.75) is 33.2 Å². The summed E-state index contributed by atoms with van der Waals surface area (Å²) in [5.41, 5.74) is 3.97. The van der Waals surface area contributed by atoms with E-state index in [1.807, 2.05) is 12.4 Å². The van der Waals surface area contributed by atoms with Crippen molar-refractivity contribution in [1.82, 2.24) is 9.97 Å². The quantitative estimate of drug-likeness (QED) is 0.901. The average Bonchev–Trinajstić information content (AvgIpc) is 2.86. The maximum atomic E-state index is 4.58. The van der Waals surface area contributed by atoms with Crippen molar-refractivity contribution in [3.8, 4) is 10.6 Å². The van der Waals surface area contributed by atoms with Crippen molar-refractivity contribution in [2.75, 3.05) is 5.32 Å². The number of rotatable bonds is 4. The van der Waals surface area contributed by atoms with Crippen molar-refractivity contribution >= 4 is 27.8 Å². The van der Waals surface area contributed by atoms with E-state index >= 15 is 0 Å². The molecule has 2 heterocycles. The lowest BCUT2D eigenvalue weighted by atomic mass is 10.3. The highest BCUT2D eigenvalue weighted by Crippen LogP contribution is 2.30. The van der Waals surface area contributed by atoms with Gasteiger partial charge in [-0.25, -0.2) is 9.97 Å². The number of nitrogens with one attached hydrogen (secondary N) is 1. The highest BCUT2D eigenvalue weighted by atomic mass is 32.1. The van der Waals surface area contributed by atoms with Gasteiger partial charge in [-0.15, -0.1) is 22.7 Å². The van der Waals surface area contributed by atoms with Crippen LogP contribution in [0.15, 0.2) is 10.9 Å². The van der Waals surface area contributed by atoms with Gasteiger partial charge in [-0.05, 0) is 20.3 Å². The lowest BCUT2D eigenvalue weighted by Gasteiger charge is -2.08. The minimum atomic E-state index is 0.474. The van der Waals surface area contributed by atoms with Gasteiger partial charge in [-0.3, -0.25) is 0 Å². The van der Waals surface area contributed by atoms with Crippen molar-refractivity contribution < 1.29 is 0 Å². The second kappa shape index (κ2) is 4.93. The van der Waals surface area contributed by atoms with Crippen LogP contribution in [0.4, 0.5) is 5.13 Å². The first-order chi connectivity index (χ1) is 7.70. The van der Waals surface area contributed by atoms with Crippen LogP contribution in [0.25, 0.3) is 10.6 Å². The van der Waals surface area contributed by atoms with Gasteiger partial charge in [-0.2, -0.15) is 0 Å². The van der Waals surface area contributed by atoms with Crippen LogP contribution in [0.2, 0.25) is 0 Å².